The monoisotopic (exact) mass is 578 g/mol. The topological polar surface area (TPSA) is 32.3 Å². The maximum absolute atomic E-state index is 14.3. The van der Waals surface area contributed by atoms with Crippen LogP contribution in [0.1, 0.15) is 36.8 Å². The Morgan fingerprint density at radius 1 is 1.06 bits per heavy atom. The van der Waals surface area contributed by atoms with Crippen molar-refractivity contribution >= 4 is 50.2 Å². The highest BCUT2D eigenvalue weighted by atomic mass is 79.9. The normalized spacial score (nSPS) is 18.0. The number of benzene rings is 2. The third-order valence-corrected chi connectivity index (χ3v) is 7.32. The van der Waals surface area contributed by atoms with E-state index in [1.807, 2.05) is 32.2 Å². The maximum atomic E-state index is 14.3. The molecular formula is C23H27Br2ClF2N2O. The molecule has 1 aliphatic rings. The summed E-state index contributed by atoms with van der Waals surface area (Å²) in [6.45, 7) is 3.59. The van der Waals surface area contributed by atoms with Crippen molar-refractivity contribution in [1.29, 1.82) is 0 Å². The van der Waals surface area contributed by atoms with Crippen molar-refractivity contribution in [1.82, 2.24) is 10.2 Å². The zero-order valence-corrected chi connectivity index (χ0v) is 21.7. The van der Waals surface area contributed by atoms with E-state index >= 15 is 0 Å². The van der Waals surface area contributed by atoms with Crippen LogP contribution in [-0.4, -0.2) is 38.0 Å². The molecular weight excluding hydrogens is 554 g/mol. The Kier molecular flexibility index (Phi) is 9.08. The van der Waals surface area contributed by atoms with Gasteiger partial charge in [-0.1, -0.05) is 44.8 Å². The zero-order chi connectivity index (χ0) is 22.1. The molecule has 0 saturated carbocycles. The first-order valence-corrected chi connectivity index (χ1v) is 11.6. The molecule has 8 heteroatoms. The molecule has 0 radical (unpaired) electrons. The van der Waals surface area contributed by atoms with E-state index in [-0.39, 0.29) is 24.2 Å². The summed E-state index contributed by atoms with van der Waals surface area (Å²) in [4.78, 5) is 15.5. The van der Waals surface area contributed by atoms with Crippen LogP contribution in [0.4, 0.5) is 8.78 Å². The fraction of sp³-hybridized carbons (Fsp3) is 0.435. The number of likely N-dealkylation sites (tertiary alicyclic amines) is 1. The van der Waals surface area contributed by atoms with Gasteiger partial charge in [-0.25, -0.2) is 8.78 Å². The van der Waals surface area contributed by atoms with Gasteiger partial charge in [0.1, 0.15) is 0 Å². The molecule has 2 atom stereocenters. The van der Waals surface area contributed by atoms with Crippen molar-refractivity contribution in [3.05, 3.63) is 68.1 Å². The lowest BCUT2D eigenvalue weighted by atomic mass is 9.59. The highest BCUT2D eigenvalue weighted by Crippen LogP contribution is 2.48. The van der Waals surface area contributed by atoms with E-state index in [9.17, 15) is 13.6 Å². The predicted octanol–water partition coefficient (Wildman–Crippen LogP) is 6.04. The fourth-order valence-electron chi connectivity index (χ4n) is 4.75. The number of amides is 1. The third-order valence-electron chi connectivity index (χ3n) is 6.41. The van der Waals surface area contributed by atoms with E-state index in [4.69, 9.17) is 0 Å². The summed E-state index contributed by atoms with van der Waals surface area (Å²) in [5.41, 5.74) is 1.09. The second kappa shape index (κ2) is 10.7. The smallest absolute Gasteiger partial charge is 0.224 e. The van der Waals surface area contributed by atoms with Gasteiger partial charge in [-0.15, -0.1) is 12.4 Å². The molecule has 31 heavy (non-hydrogen) atoms. The van der Waals surface area contributed by atoms with Crippen LogP contribution in [0.15, 0.2) is 45.3 Å². The SMILES string of the molecule is CNC(=O)C(C(C)c1cc(Br)cc(Br)c1)C1(c2ccc(F)c(F)c2)CCN(C)CC1.Cl. The van der Waals surface area contributed by atoms with E-state index in [0.29, 0.717) is 18.4 Å². The number of carbonyl (C=O) groups is 1. The number of halogens is 5. The number of rotatable bonds is 5. The van der Waals surface area contributed by atoms with E-state index in [2.05, 4.69) is 42.1 Å². The molecule has 0 bridgehead atoms. The lowest BCUT2D eigenvalue weighted by molar-refractivity contribution is -0.128. The molecule has 2 aromatic rings. The van der Waals surface area contributed by atoms with Gasteiger partial charge in [0.15, 0.2) is 11.6 Å². The second-order valence-electron chi connectivity index (χ2n) is 8.17. The summed E-state index contributed by atoms with van der Waals surface area (Å²) in [7, 11) is 3.67. The average molecular weight is 581 g/mol. The summed E-state index contributed by atoms with van der Waals surface area (Å²) >= 11 is 7.07. The van der Waals surface area contributed by atoms with Gasteiger partial charge >= 0.3 is 0 Å². The molecule has 2 unspecified atom stereocenters. The number of nitrogens with one attached hydrogen (secondary N) is 1. The van der Waals surface area contributed by atoms with Gasteiger partial charge in [-0.05, 0) is 80.4 Å². The van der Waals surface area contributed by atoms with Crippen molar-refractivity contribution in [3.63, 3.8) is 0 Å². The molecule has 0 aromatic heterocycles. The van der Waals surface area contributed by atoms with Crippen LogP contribution in [0.5, 0.6) is 0 Å². The third kappa shape index (κ3) is 5.49. The van der Waals surface area contributed by atoms with Crippen LogP contribution >= 0.6 is 44.3 Å². The molecule has 1 aliphatic heterocycles. The van der Waals surface area contributed by atoms with Crippen LogP contribution in [-0.2, 0) is 10.2 Å². The zero-order valence-electron chi connectivity index (χ0n) is 17.7. The van der Waals surface area contributed by atoms with E-state index in [1.165, 1.54) is 12.1 Å². The molecule has 3 nitrogen and oxygen atoms in total. The quantitative estimate of drug-likeness (QED) is 0.468. The Hall–Kier alpha value is -1.02. The number of hydrogen-bond acceptors (Lipinski definition) is 2. The second-order valence-corrected chi connectivity index (χ2v) is 10.0. The summed E-state index contributed by atoms with van der Waals surface area (Å²) in [6, 6.07) is 10.1. The van der Waals surface area contributed by atoms with Crippen LogP contribution in [0.3, 0.4) is 0 Å². The highest BCUT2D eigenvalue weighted by Gasteiger charge is 2.48. The lowest BCUT2D eigenvalue weighted by Gasteiger charge is -2.47. The Bertz CT molecular complexity index is 916. The van der Waals surface area contributed by atoms with E-state index in [0.717, 1.165) is 27.6 Å². The Morgan fingerprint density at radius 3 is 2.16 bits per heavy atom. The van der Waals surface area contributed by atoms with Gasteiger partial charge in [0.05, 0.1) is 5.92 Å². The lowest BCUT2D eigenvalue weighted by Crippen LogP contribution is -2.52. The first-order valence-electron chi connectivity index (χ1n) is 9.99. The predicted molar refractivity (Wildman–Crippen MR) is 130 cm³/mol. The minimum Gasteiger partial charge on any atom is -0.359 e. The van der Waals surface area contributed by atoms with Crippen LogP contribution < -0.4 is 5.32 Å². The molecule has 1 N–H and O–H groups in total. The number of hydrogen-bond donors (Lipinski definition) is 1. The fourth-order valence-corrected chi connectivity index (χ4v) is 6.07. The highest BCUT2D eigenvalue weighted by molar-refractivity contribution is 9.11. The van der Waals surface area contributed by atoms with Crippen molar-refractivity contribution < 1.29 is 13.6 Å². The number of nitrogens with zero attached hydrogens (tertiary/aromatic N) is 1. The number of piperidine rings is 1. The molecule has 2 aromatic carbocycles. The van der Waals surface area contributed by atoms with Crippen LogP contribution in [0.25, 0.3) is 0 Å². The molecule has 1 saturated heterocycles. The van der Waals surface area contributed by atoms with Gasteiger partial charge in [-0.2, -0.15) is 0 Å². The van der Waals surface area contributed by atoms with Gasteiger partial charge in [0, 0.05) is 21.4 Å². The molecule has 0 aliphatic carbocycles. The van der Waals surface area contributed by atoms with Crippen molar-refractivity contribution in [2.75, 3.05) is 27.2 Å². The maximum Gasteiger partial charge on any atom is 0.224 e. The van der Waals surface area contributed by atoms with Crippen molar-refractivity contribution in [2.45, 2.75) is 31.1 Å². The van der Waals surface area contributed by atoms with Crippen LogP contribution in [0.2, 0.25) is 0 Å². The van der Waals surface area contributed by atoms with E-state index in [1.54, 1.807) is 13.1 Å². The Balaban J connectivity index is 0.00000341. The molecule has 1 heterocycles. The first kappa shape index (κ1) is 26.2. The first-order chi connectivity index (χ1) is 14.2. The molecule has 3 rings (SSSR count). The van der Waals surface area contributed by atoms with Crippen molar-refractivity contribution in [3.8, 4) is 0 Å². The molecule has 170 valence electrons. The van der Waals surface area contributed by atoms with E-state index < -0.39 is 23.0 Å². The standard InChI is InChI=1S/C23H26Br2F2N2O.ClH/c1-14(15-10-17(24)13-18(25)11-15)21(22(30)28-2)23(6-8-29(3)9-7-23)16-4-5-19(26)20(27)12-16;/h4-5,10-14,21H,6-9H2,1-3H3,(H,28,30);1H. The molecule has 1 amide bonds. The summed E-state index contributed by atoms with van der Waals surface area (Å²) in [6.07, 6.45) is 1.37. The van der Waals surface area contributed by atoms with Gasteiger partial charge in [0.2, 0.25) is 5.91 Å². The Labute approximate surface area is 205 Å². The minimum atomic E-state index is -0.876. The average Bonchev–Trinajstić information content (AvgIpc) is 2.70. The molecule has 0 spiro atoms. The Morgan fingerprint density at radius 2 is 1.65 bits per heavy atom. The van der Waals surface area contributed by atoms with Crippen LogP contribution in [0, 0.1) is 17.6 Å². The number of carbonyl (C=O) groups excluding carboxylic acids is 1. The molecule has 1 fully saturated rings. The van der Waals surface area contributed by atoms with Gasteiger partial charge in [0.25, 0.3) is 0 Å². The largest absolute Gasteiger partial charge is 0.359 e. The van der Waals surface area contributed by atoms with Gasteiger partial charge < -0.3 is 10.2 Å². The minimum absolute atomic E-state index is 0. The summed E-state index contributed by atoms with van der Waals surface area (Å²) in [5, 5.41) is 2.83. The summed E-state index contributed by atoms with van der Waals surface area (Å²) < 4.78 is 29.8. The van der Waals surface area contributed by atoms with Gasteiger partial charge in [-0.3, -0.25) is 4.79 Å². The van der Waals surface area contributed by atoms with Crippen molar-refractivity contribution in [2.24, 2.45) is 5.92 Å². The summed E-state index contributed by atoms with van der Waals surface area (Å²) in [5.74, 6) is -2.42.